The van der Waals surface area contributed by atoms with Crippen molar-refractivity contribution in [3.63, 3.8) is 0 Å². The fraction of sp³-hybridized carbons (Fsp3) is 0.455. The summed E-state index contributed by atoms with van der Waals surface area (Å²) in [7, 11) is 0. The van der Waals surface area contributed by atoms with E-state index >= 15 is 0 Å². The number of H-pyrrole nitrogens is 1. The molecule has 0 saturated carbocycles. The van der Waals surface area contributed by atoms with Gasteiger partial charge in [0.15, 0.2) is 12.4 Å². The van der Waals surface area contributed by atoms with E-state index in [0.717, 1.165) is 0 Å². The summed E-state index contributed by atoms with van der Waals surface area (Å²) in [6.45, 7) is -0.787. The van der Waals surface area contributed by atoms with Crippen molar-refractivity contribution in [2.24, 2.45) is 0 Å². The first-order valence-electron chi connectivity index (χ1n) is 6.81. The number of fused-ring (bicyclic) bond motifs is 1. The summed E-state index contributed by atoms with van der Waals surface area (Å²) in [4.78, 5) is 43.2. The molecule has 1 fully saturated rings. The molecule has 0 unspecified atom stereocenters. The predicted molar refractivity (Wildman–Crippen MR) is 77.2 cm³/mol. The third-order valence-electron chi connectivity index (χ3n) is 3.85. The number of aliphatic hydroxyl groups is 3. The molecule has 1 aliphatic rings. The molecule has 25 heavy (non-hydrogen) atoms. The number of nitrogen functional groups attached to an aromatic ring is 1. The zero-order valence-electron chi connectivity index (χ0n) is 12.3. The summed E-state index contributed by atoms with van der Waals surface area (Å²) in [5, 5.41) is 40.7. The van der Waals surface area contributed by atoms with E-state index in [9.17, 15) is 35.0 Å². The van der Waals surface area contributed by atoms with Gasteiger partial charge >= 0.3 is 5.95 Å². The molecule has 14 heteroatoms. The van der Waals surface area contributed by atoms with E-state index in [1.807, 2.05) is 0 Å². The first kappa shape index (κ1) is 16.9. The maximum atomic E-state index is 11.9. The average Bonchev–Trinajstić information content (AvgIpc) is 3.06. The molecule has 1 saturated heterocycles. The van der Waals surface area contributed by atoms with Crippen LogP contribution in [0.5, 0.6) is 0 Å². The number of nitrogens with one attached hydrogen (secondary N) is 1. The number of aldehydes is 1. The third-order valence-corrected chi connectivity index (χ3v) is 3.85. The van der Waals surface area contributed by atoms with Crippen LogP contribution in [0.3, 0.4) is 0 Å². The maximum absolute atomic E-state index is 11.9. The van der Waals surface area contributed by atoms with E-state index in [-0.39, 0.29) is 6.29 Å². The minimum Gasteiger partial charge on any atom is -0.394 e. The van der Waals surface area contributed by atoms with Gasteiger partial charge in [-0.2, -0.15) is 9.55 Å². The number of aliphatic hydroxyl groups excluding tert-OH is 3. The zero-order chi connectivity index (χ0) is 18.5. The number of nitrogens with zero attached hydrogens (tertiary/aromatic N) is 4. The van der Waals surface area contributed by atoms with Gasteiger partial charge in [0.05, 0.1) is 6.61 Å². The number of hydrogen-bond donors (Lipinski definition) is 5. The molecule has 0 bridgehead atoms. The van der Waals surface area contributed by atoms with Gasteiger partial charge in [0.1, 0.15) is 12.2 Å². The number of hydrogen-bond acceptors (Lipinski definition) is 11. The molecule has 0 amide bonds. The van der Waals surface area contributed by atoms with Crippen LogP contribution in [0.15, 0.2) is 4.79 Å². The number of ether oxygens (including phenoxy) is 1. The minimum absolute atomic E-state index is 0.0102. The van der Waals surface area contributed by atoms with E-state index in [4.69, 9.17) is 10.5 Å². The number of aromatic amines is 1. The normalized spacial score (nSPS) is 29.2. The monoisotopic (exact) mass is 356 g/mol. The van der Waals surface area contributed by atoms with Crippen molar-refractivity contribution in [3.8, 4) is 0 Å². The molecular weight excluding hydrogens is 344 g/mol. The van der Waals surface area contributed by atoms with Crippen LogP contribution in [0, 0.1) is 10.1 Å². The fourth-order valence-electron chi connectivity index (χ4n) is 2.73. The van der Waals surface area contributed by atoms with Gasteiger partial charge in [-0.3, -0.25) is 14.6 Å². The third kappa shape index (κ3) is 2.19. The van der Waals surface area contributed by atoms with Crippen molar-refractivity contribution in [1.29, 1.82) is 0 Å². The molecule has 0 aliphatic carbocycles. The maximum Gasteiger partial charge on any atom is 0.440 e. The summed E-state index contributed by atoms with van der Waals surface area (Å²) in [5.41, 5.74) is 0.918. The van der Waals surface area contributed by atoms with E-state index in [1.54, 1.807) is 0 Å². The molecule has 0 aromatic carbocycles. The Balaban J connectivity index is 2.40. The number of aromatic nitrogens is 4. The summed E-state index contributed by atoms with van der Waals surface area (Å²) >= 11 is 0. The second kappa shape index (κ2) is 5.55. The molecule has 2 aromatic heterocycles. The Morgan fingerprint density at radius 2 is 2.16 bits per heavy atom. The summed E-state index contributed by atoms with van der Waals surface area (Å²) < 4.78 is 5.67. The standard InChI is InChI=1S/C11H12N6O8/c12-9-14-7-4(8(22)15-9)13-10(17(23)24)16(7)11(2-19)6(21)5(20)3(1-18)25-11/h2-3,5-6,18,20-21H,1H2,(H3,12,14,15,22)/t3-,5-,6-,11-/m1/s1. The lowest BCUT2D eigenvalue weighted by molar-refractivity contribution is -0.399. The van der Waals surface area contributed by atoms with Gasteiger partial charge in [0.25, 0.3) is 16.8 Å². The number of carbonyl (C=O) groups excluding carboxylic acids is 1. The van der Waals surface area contributed by atoms with Crippen LogP contribution in [0.1, 0.15) is 0 Å². The number of nitro groups is 1. The van der Waals surface area contributed by atoms with Crippen molar-refractivity contribution < 1.29 is 29.8 Å². The zero-order valence-corrected chi connectivity index (χ0v) is 12.3. The highest BCUT2D eigenvalue weighted by Crippen LogP contribution is 2.38. The van der Waals surface area contributed by atoms with Gasteiger partial charge in [-0.15, -0.1) is 0 Å². The number of carbonyl (C=O) groups is 1. The first-order valence-corrected chi connectivity index (χ1v) is 6.81. The van der Waals surface area contributed by atoms with Crippen molar-refractivity contribution >= 4 is 29.3 Å². The first-order chi connectivity index (χ1) is 11.8. The van der Waals surface area contributed by atoms with Crippen LogP contribution in [-0.4, -0.2) is 71.0 Å². The summed E-state index contributed by atoms with van der Waals surface area (Å²) in [6, 6.07) is 0. The van der Waals surface area contributed by atoms with Crippen molar-refractivity contribution in [3.05, 3.63) is 20.5 Å². The lowest BCUT2D eigenvalue weighted by atomic mass is 10.0. The van der Waals surface area contributed by atoms with Crippen LogP contribution in [0.4, 0.5) is 11.9 Å². The van der Waals surface area contributed by atoms with Gasteiger partial charge < -0.3 is 35.9 Å². The molecule has 6 N–H and O–H groups in total. The summed E-state index contributed by atoms with van der Waals surface area (Å²) in [6.07, 6.45) is -5.19. The van der Waals surface area contributed by atoms with Crippen molar-refractivity contribution in [2.45, 2.75) is 24.0 Å². The number of rotatable bonds is 4. The summed E-state index contributed by atoms with van der Waals surface area (Å²) in [5.74, 6) is -1.48. The highest BCUT2D eigenvalue weighted by atomic mass is 16.6. The Labute approximate surface area is 136 Å². The molecule has 134 valence electrons. The van der Waals surface area contributed by atoms with Gasteiger partial charge in [-0.1, -0.05) is 4.98 Å². The Morgan fingerprint density at radius 1 is 1.48 bits per heavy atom. The smallest absolute Gasteiger partial charge is 0.394 e. The number of imidazole rings is 1. The quantitative estimate of drug-likeness (QED) is 0.206. The predicted octanol–water partition coefficient (Wildman–Crippen LogP) is -3.43. The minimum atomic E-state index is -2.54. The second-order valence-corrected chi connectivity index (χ2v) is 5.27. The van der Waals surface area contributed by atoms with Crippen LogP contribution in [0.2, 0.25) is 0 Å². The molecule has 1 aliphatic heterocycles. The SMILES string of the molecule is Nc1nc2c(nc([N+](=O)[O-])n2[C@]2(C=O)O[C@H](CO)[C@@H](O)[C@H]2O)c(=O)[nH]1. The Kier molecular flexibility index (Phi) is 3.76. The number of anilines is 1. The van der Waals surface area contributed by atoms with Gasteiger partial charge in [-0.05, 0) is 4.92 Å². The molecule has 3 rings (SSSR count). The second-order valence-electron chi connectivity index (χ2n) is 5.27. The van der Waals surface area contributed by atoms with Crippen LogP contribution in [-0.2, 0) is 15.3 Å². The van der Waals surface area contributed by atoms with E-state index in [1.165, 1.54) is 0 Å². The van der Waals surface area contributed by atoms with Crippen LogP contribution >= 0.6 is 0 Å². The Morgan fingerprint density at radius 3 is 2.68 bits per heavy atom. The number of nitrogens with two attached hydrogens (primary N) is 1. The average molecular weight is 356 g/mol. The molecule has 0 radical (unpaired) electrons. The van der Waals surface area contributed by atoms with Crippen molar-refractivity contribution in [2.75, 3.05) is 12.3 Å². The van der Waals surface area contributed by atoms with Gasteiger partial charge in [0, 0.05) is 0 Å². The van der Waals surface area contributed by atoms with E-state index in [0.29, 0.717) is 4.57 Å². The highest BCUT2D eigenvalue weighted by molar-refractivity contribution is 5.77. The molecule has 3 heterocycles. The van der Waals surface area contributed by atoms with Crippen LogP contribution in [0.25, 0.3) is 11.2 Å². The van der Waals surface area contributed by atoms with Gasteiger partial charge in [-0.25, -0.2) is 0 Å². The lowest BCUT2D eigenvalue weighted by Crippen LogP contribution is -2.47. The fourth-order valence-corrected chi connectivity index (χ4v) is 2.73. The molecule has 2 aromatic rings. The molecule has 14 nitrogen and oxygen atoms in total. The largest absolute Gasteiger partial charge is 0.440 e. The van der Waals surface area contributed by atoms with E-state index in [2.05, 4.69) is 15.0 Å². The lowest BCUT2D eigenvalue weighted by Gasteiger charge is -2.24. The molecule has 0 spiro atoms. The van der Waals surface area contributed by atoms with Crippen LogP contribution < -0.4 is 11.3 Å². The van der Waals surface area contributed by atoms with E-state index < -0.39 is 64.2 Å². The molecule has 4 atom stereocenters. The molecular formula is C11H12N6O8. The Bertz CT molecular complexity index is 923. The van der Waals surface area contributed by atoms with Crippen molar-refractivity contribution in [1.82, 2.24) is 19.5 Å². The Hall–Kier alpha value is -2.94. The topological polar surface area (TPSA) is 220 Å². The highest BCUT2D eigenvalue weighted by Gasteiger charge is 2.61. The van der Waals surface area contributed by atoms with Gasteiger partial charge in [0.2, 0.25) is 11.6 Å².